The lowest BCUT2D eigenvalue weighted by molar-refractivity contribution is 0.200. The summed E-state index contributed by atoms with van der Waals surface area (Å²) in [6, 6.07) is 7.54. The van der Waals surface area contributed by atoms with E-state index in [4.69, 9.17) is 27.9 Å². The summed E-state index contributed by atoms with van der Waals surface area (Å²) in [5.41, 5.74) is 0. The lowest BCUT2D eigenvalue weighted by atomic mass is 10.3. The van der Waals surface area contributed by atoms with E-state index >= 15 is 0 Å². The normalized spacial score (nSPS) is 15.7. The molecule has 7 heteroatoms. The Morgan fingerprint density at radius 2 is 1.83 bits per heavy atom. The molecule has 0 spiro atoms. The van der Waals surface area contributed by atoms with Crippen molar-refractivity contribution < 1.29 is 4.74 Å². The van der Waals surface area contributed by atoms with Crippen LogP contribution >= 0.6 is 23.2 Å². The Labute approximate surface area is 145 Å². The zero-order valence-electron chi connectivity index (χ0n) is 12.7. The molecule has 0 aliphatic carbocycles. The van der Waals surface area contributed by atoms with Crippen LogP contribution in [-0.2, 0) is 0 Å². The van der Waals surface area contributed by atoms with Crippen LogP contribution in [0.1, 0.15) is 0 Å². The van der Waals surface area contributed by atoms with E-state index in [-0.39, 0.29) is 0 Å². The van der Waals surface area contributed by atoms with E-state index in [2.05, 4.69) is 19.8 Å². The number of rotatable bonds is 5. The average Bonchev–Trinajstić information content (AvgIpc) is 2.57. The third kappa shape index (κ3) is 4.47. The minimum absolute atomic E-state index is 0.429. The van der Waals surface area contributed by atoms with Gasteiger partial charge in [0.25, 0.3) is 0 Å². The molecule has 0 bridgehead atoms. The molecule has 0 amide bonds. The molecule has 0 saturated carbocycles. The molecule has 1 fully saturated rings. The van der Waals surface area contributed by atoms with Gasteiger partial charge in [0.05, 0.1) is 17.4 Å². The van der Waals surface area contributed by atoms with E-state index in [0.29, 0.717) is 16.8 Å². The number of para-hydroxylation sites is 1. The minimum Gasteiger partial charge on any atom is -0.491 e. The van der Waals surface area contributed by atoms with Gasteiger partial charge in [0.1, 0.15) is 23.3 Å². The Morgan fingerprint density at radius 1 is 1.04 bits per heavy atom. The van der Waals surface area contributed by atoms with Gasteiger partial charge in [0.15, 0.2) is 0 Å². The third-order valence-corrected chi connectivity index (χ3v) is 4.28. The molecule has 0 atom stereocenters. The van der Waals surface area contributed by atoms with Gasteiger partial charge in [-0.3, -0.25) is 9.88 Å². The number of benzene rings is 1. The van der Waals surface area contributed by atoms with Gasteiger partial charge in [-0.15, -0.1) is 0 Å². The van der Waals surface area contributed by atoms with E-state index in [0.717, 1.165) is 44.3 Å². The summed E-state index contributed by atoms with van der Waals surface area (Å²) >= 11 is 12.0. The smallest absolute Gasteiger partial charge is 0.149 e. The van der Waals surface area contributed by atoms with Crippen molar-refractivity contribution in [3.05, 3.63) is 46.8 Å². The summed E-state index contributed by atoms with van der Waals surface area (Å²) in [4.78, 5) is 13.0. The van der Waals surface area contributed by atoms with E-state index in [1.807, 2.05) is 24.3 Å². The van der Waals surface area contributed by atoms with Crippen LogP contribution < -0.4 is 9.64 Å². The van der Waals surface area contributed by atoms with Crippen molar-refractivity contribution in [1.29, 1.82) is 0 Å². The van der Waals surface area contributed by atoms with Crippen molar-refractivity contribution >= 4 is 29.0 Å². The monoisotopic (exact) mass is 352 g/mol. The molecule has 1 aliphatic rings. The van der Waals surface area contributed by atoms with Crippen LogP contribution in [0, 0.1) is 0 Å². The molecular formula is C16H18Cl2N4O. The highest BCUT2D eigenvalue weighted by Gasteiger charge is 2.18. The first-order valence-corrected chi connectivity index (χ1v) is 8.30. The molecule has 2 aromatic rings. The van der Waals surface area contributed by atoms with Crippen molar-refractivity contribution in [2.24, 2.45) is 0 Å². The predicted octanol–water partition coefficient (Wildman–Crippen LogP) is 2.98. The zero-order valence-corrected chi connectivity index (χ0v) is 14.2. The molecule has 5 nitrogen and oxygen atoms in total. The molecule has 23 heavy (non-hydrogen) atoms. The van der Waals surface area contributed by atoms with Crippen molar-refractivity contribution in [1.82, 2.24) is 14.9 Å². The van der Waals surface area contributed by atoms with Gasteiger partial charge in [-0.2, -0.15) is 0 Å². The van der Waals surface area contributed by atoms with Gasteiger partial charge in [-0.25, -0.2) is 4.98 Å². The predicted molar refractivity (Wildman–Crippen MR) is 92.6 cm³/mol. The highest BCUT2D eigenvalue weighted by molar-refractivity contribution is 6.32. The quantitative estimate of drug-likeness (QED) is 0.827. The molecule has 1 saturated heterocycles. The Balaban J connectivity index is 1.44. The summed E-state index contributed by atoms with van der Waals surface area (Å²) in [5.74, 6) is 1.58. The summed E-state index contributed by atoms with van der Waals surface area (Å²) in [6.07, 6.45) is 3.30. The van der Waals surface area contributed by atoms with Crippen molar-refractivity contribution in [3.63, 3.8) is 0 Å². The number of piperazine rings is 1. The Kier molecular flexibility index (Phi) is 5.54. The van der Waals surface area contributed by atoms with Crippen LogP contribution in [-0.4, -0.2) is 54.2 Å². The van der Waals surface area contributed by atoms with E-state index in [1.165, 1.54) is 0 Å². The Bertz CT molecular complexity index is 647. The number of aromatic nitrogens is 2. The first kappa shape index (κ1) is 16.3. The van der Waals surface area contributed by atoms with Crippen molar-refractivity contribution in [3.8, 4) is 5.75 Å². The Hall–Kier alpha value is -1.56. The lowest BCUT2D eigenvalue weighted by Crippen LogP contribution is -2.47. The van der Waals surface area contributed by atoms with Crippen LogP contribution in [0.4, 0.5) is 5.82 Å². The third-order valence-electron chi connectivity index (χ3n) is 3.79. The zero-order chi connectivity index (χ0) is 16.1. The van der Waals surface area contributed by atoms with E-state index in [9.17, 15) is 0 Å². The summed E-state index contributed by atoms with van der Waals surface area (Å²) < 4.78 is 5.74. The SMILES string of the molecule is Clc1cncc(N2CCN(CCOc3ccccc3Cl)CC2)n1. The second-order valence-electron chi connectivity index (χ2n) is 5.31. The summed E-state index contributed by atoms with van der Waals surface area (Å²) in [7, 11) is 0. The Morgan fingerprint density at radius 3 is 2.57 bits per heavy atom. The number of ether oxygens (including phenoxy) is 1. The number of hydrogen-bond acceptors (Lipinski definition) is 5. The topological polar surface area (TPSA) is 41.5 Å². The first-order chi connectivity index (χ1) is 11.2. The molecule has 0 unspecified atom stereocenters. The van der Waals surface area contributed by atoms with Crippen LogP contribution in [0.25, 0.3) is 0 Å². The highest BCUT2D eigenvalue weighted by Crippen LogP contribution is 2.23. The second kappa shape index (κ2) is 7.81. The fraction of sp³-hybridized carbons (Fsp3) is 0.375. The number of hydrogen-bond donors (Lipinski definition) is 0. The van der Waals surface area contributed by atoms with Gasteiger partial charge >= 0.3 is 0 Å². The maximum atomic E-state index is 6.08. The molecule has 2 heterocycles. The van der Waals surface area contributed by atoms with Gasteiger partial charge in [-0.05, 0) is 12.1 Å². The summed E-state index contributed by atoms with van der Waals surface area (Å²) in [6.45, 7) is 5.23. The number of anilines is 1. The van der Waals surface area contributed by atoms with Gasteiger partial charge in [-0.1, -0.05) is 35.3 Å². The highest BCUT2D eigenvalue weighted by atomic mass is 35.5. The van der Waals surface area contributed by atoms with Crippen LogP contribution in [0.15, 0.2) is 36.7 Å². The fourth-order valence-electron chi connectivity index (χ4n) is 2.53. The minimum atomic E-state index is 0.429. The van der Waals surface area contributed by atoms with Gasteiger partial charge < -0.3 is 9.64 Å². The van der Waals surface area contributed by atoms with Crippen LogP contribution in [0.3, 0.4) is 0 Å². The standard InChI is InChI=1S/C16H18Cl2N4O/c17-13-3-1-2-4-14(13)23-10-9-21-5-7-22(8-6-21)16-12-19-11-15(18)20-16/h1-4,11-12H,5-10H2. The van der Waals surface area contributed by atoms with Crippen LogP contribution in [0.2, 0.25) is 10.2 Å². The maximum Gasteiger partial charge on any atom is 0.149 e. The number of halogens is 2. The first-order valence-electron chi connectivity index (χ1n) is 7.54. The molecule has 1 aromatic heterocycles. The molecule has 0 N–H and O–H groups in total. The average molecular weight is 353 g/mol. The molecular weight excluding hydrogens is 335 g/mol. The van der Waals surface area contributed by atoms with Crippen molar-refractivity contribution in [2.75, 3.05) is 44.2 Å². The fourth-order valence-corrected chi connectivity index (χ4v) is 2.87. The summed E-state index contributed by atoms with van der Waals surface area (Å²) in [5, 5.41) is 1.08. The van der Waals surface area contributed by atoms with Gasteiger partial charge in [0, 0.05) is 32.7 Å². The number of nitrogens with zero attached hydrogens (tertiary/aromatic N) is 4. The molecule has 3 rings (SSSR count). The van der Waals surface area contributed by atoms with Crippen molar-refractivity contribution in [2.45, 2.75) is 0 Å². The molecule has 1 aromatic carbocycles. The lowest BCUT2D eigenvalue weighted by Gasteiger charge is -2.35. The van der Waals surface area contributed by atoms with E-state index < -0.39 is 0 Å². The van der Waals surface area contributed by atoms with Gasteiger partial charge in [0.2, 0.25) is 0 Å². The second-order valence-corrected chi connectivity index (χ2v) is 6.10. The molecule has 0 radical (unpaired) electrons. The largest absolute Gasteiger partial charge is 0.491 e. The molecule has 122 valence electrons. The van der Waals surface area contributed by atoms with E-state index in [1.54, 1.807) is 12.4 Å². The van der Waals surface area contributed by atoms with Crippen LogP contribution in [0.5, 0.6) is 5.75 Å². The maximum absolute atomic E-state index is 6.08. The molecule has 1 aliphatic heterocycles.